The molecule has 1 heterocycles. The molecule has 0 aliphatic carbocycles. The largest absolute Gasteiger partial charge is 0.370 e. The number of benzene rings is 1. The number of carbonyl (C=O) groups excluding carboxylic acids is 1. The van der Waals surface area contributed by atoms with E-state index >= 15 is 0 Å². The van der Waals surface area contributed by atoms with E-state index in [0.717, 1.165) is 34.5 Å². The van der Waals surface area contributed by atoms with Crippen molar-refractivity contribution < 1.29 is 4.79 Å². The number of anilines is 2. The van der Waals surface area contributed by atoms with Crippen LogP contribution in [0.1, 0.15) is 29.4 Å². The minimum Gasteiger partial charge on any atom is -0.370 e. The lowest BCUT2D eigenvalue weighted by molar-refractivity contribution is 0.102. The first kappa shape index (κ1) is 15.5. The zero-order valence-corrected chi connectivity index (χ0v) is 13.7. The highest BCUT2D eigenvalue weighted by atomic mass is 79.9. The number of nitrogens with one attached hydrogen (secondary N) is 2. The molecule has 4 nitrogen and oxygen atoms in total. The molecule has 2 N–H and O–H groups in total. The third-order valence-electron chi connectivity index (χ3n) is 2.84. The fourth-order valence-electron chi connectivity index (χ4n) is 1.92. The van der Waals surface area contributed by atoms with Crippen LogP contribution >= 0.6 is 15.9 Å². The zero-order chi connectivity index (χ0) is 15.2. The normalized spacial score (nSPS) is 10.2. The number of amides is 1. The molecule has 2 aromatic rings. The number of halogens is 1. The summed E-state index contributed by atoms with van der Waals surface area (Å²) in [7, 11) is 0. The Morgan fingerprint density at radius 1 is 1.29 bits per heavy atom. The molecule has 0 aliphatic heterocycles. The van der Waals surface area contributed by atoms with Crippen molar-refractivity contribution >= 4 is 33.3 Å². The van der Waals surface area contributed by atoms with Gasteiger partial charge in [0.25, 0.3) is 5.91 Å². The fraction of sp³-hybridized carbons (Fsp3) is 0.250. The number of aromatic nitrogens is 1. The maximum atomic E-state index is 12.2. The summed E-state index contributed by atoms with van der Waals surface area (Å²) in [6, 6.07) is 11.2. The molecule has 2 rings (SSSR count). The molecule has 0 saturated heterocycles. The SMILES string of the molecule is CCCNc1cccc(C(=O)Nc2cc(C)cc(Br)c2)n1. The van der Waals surface area contributed by atoms with Crippen LogP contribution in [0, 0.1) is 6.92 Å². The topological polar surface area (TPSA) is 54.0 Å². The second-order valence-corrected chi connectivity index (χ2v) is 5.72. The average molecular weight is 348 g/mol. The first-order chi connectivity index (χ1) is 10.1. The van der Waals surface area contributed by atoms with Gasteiger partial charge in [-0.15, -0.1) is 0 Å². The van der Waals surface area contributed by atoms with E-state index in [1.54, 1.807) is 6.07 Å². The van der Waals surface area contributed by atoms with Crippen molar-refractivity contribution in [1.82, 2.24) is 4.98 Å². The highest BCUT2D eigenvalue weighted by Gasteiger charge is 2.09. The van der Waals surface area contributed by atoms with Crippen molar-refractivity contribution in [3.63, 3.8) is 0 Å². The smallest absolute Gasteiger partial charge is 0.274 e. The summed E-state index contributed by atoms with van der Waals surface area (Å²) in [6.07, 6.45) is 1.01. The lowest BCUT2D eigenvalue weighted by Crippen LogP contribution is -2.15. The molecule has 0 aliphatic rings. The van der Waals surface area contributed by atoms with E-state index in [0.29, 0.717) is 5.69 Å². The predicted octanol–water partition coefficient (Wildman–Crippen LogP) is 4.23. The Balaban J connectivity index is 2.12. The van der Waals surface area contributed by atoms with Gasteiger partial charge in [-0.25, -0.2) is 4.98 Å². The molecule has 110 valence electrons. The van der Waals surface area contributed by atoms with Gasteiger partial charge in [0.15, 0.2) is 0 Å². The maximum Gasteiger partial charge on any atom is 0.274 e. The van der Waals surface area contributed by atoms with Crippen LogP contribution in [0.5, 0.6) is 0 Å². The number of hydrogen-bond acceptors (Lipinski definition) is 3. The Bertz CT molecular complexity index is 623. The minimum atomic E-state index is -0.215. The molecule has 0 unspecified atom stereocenters. The van der Waals surface area contributed by atoms with E-state index in [2.05, 4.69) is 38.5 Å². The van der Waals surface area contributed by atoms with E-state index in [-0.39, 0.29) is 5.91 Å². The van der Waals surface area contributed by atoms with Crippen LogP contribution in [-0.4, -0.2) is 17.4 Å². The second kappa shape index (κ2) is 7.22. The second-order valence-electron chi connectivity index (χ2n) is 4.81. The third kappa shape index (κ3) is 4.56. The number of hydrogen-bond donors (Lipinski definition) is 2. The van der Waals surface area contributed by atoms with Crippen LogP contribution in [0.4, 0.5) is 11.5 Å². The summed E-state index contributed by atoms with van der Waals surface area (Å²) in [5.41, 5.74) is 2.22. The van der Waals surface area contributed by atoms with Crippen molar-refractivity contribution in [2.24, 2.45) is 0 Å². The van der Waals surface area contributed by atoms with Gasteiger partial charge < -0.3 is 10.6 Å². The highest BCUT2D eigenvalue weighted by molar-refractivity contribution is 9.10. The number of carbonyl (C=O) groups is 1. The van der Waals surface area contributed by atoms with Crippen LogP contribution in [0.15, 0.2) is 40.9 Å². The summed E-state index contributed by atoms with van der Waals surface area (Å²) in [5, 5.41) is 6.04. The van der Waals surface area contributed by atoms with Crippen LogP contribution in [0.3, 0.4) is 0 Å². The van der Waals surface area contributed by atoms with Crippen LogP contribution in [0.25, 0.3) is 0 Å². The van der Waals surface area contributed by atoms with Crippen molar-refractivity contribution in [2.45, 2.75) is 20.3 Å². The minimum absolute atomic E-state index is 0.215. The maximum absolute atomic E-state index is 12.2. The molecular formula is C16H18BrN3O. The molecular weight excluding hydrogens is 330 g/mol. The van der Waals surface area contributed by atoms with Crippen LogP contribution < -0.4 is 10.6 Å². The van der Waals surface area contributed by atoms with Crippen molar-refractivity contribution in [1.29, 1.82) is 0 Å². The molecule has 0 bridgehead atoms. The molecule has 0 spiro atoms. The van der Waals surface area contributed by atoms with Crippen LogP contribution in [0.2, 0.25) is 0 Å². The van der Waals surface area contributed by atoms with Gasteiger partial charge in [-0.1, -0.05) is 28.9 Å². The molecule has 0 radical (unpaired) electrons. The summed E-state index contributed by atoms with van der Waals surface area (Å²) in [6.45, 7) is 4.90. The lowest BCUT2D eigenvalue weighted by Gasteiger charge is -2.08. The van der Waals surface area contributed by atoms with Gasteiger partial charge in [0, 0.05) is 16.7 Å². The Morgan fingerprint density at radius 2 is 2.10 bits per heavy atom. The predicted molar refractivity (Wildman–Crippen MR) is 89.8 cm³/mol. The van der Waals surface area contributed by atoms with Crippen molar-refractivity contribution in [3.05, 3.63) is 52.1 Å². The molecule has 0 saturated carbocycles. The Hall–Kier alpha value is -1.88. The Labute approximate surface area is 133 Å². The zero-order valence-electron chi connectivity index (χ0n) is 12.1. The van der Waals surface area contributed by atoms with Gasteiger partial charge in [-0.05, 0) is 49.2 Å². The number of pyridine rings is 1. The number of rotatable bonds is 5. The van der Waals surface area contributed by atoms with E-state index < -0.39 is 0 Å². The van der Waals surface area contributed by atoms with E-state index in [1.807, 2.05) is 37.3 Å². The van der Waals surface area contributed by atoms with Gasteiger partial charge in [-0.3, -0.25) is 4.79 Å². The molecule has 0 fully saturated rings. The van der Waals surface area contributed by atoms with Gasteiger partial charge in [-0.2, -0.15) is 0 Å². The summed E-state index contributed by atoms with van der Waals surface area (Å²) < 4.78 is 0.934. The summed E-state index contributed by atoms with van der Waals surface area (Å²) in [4.78, 5) is 16.6. The third-order valence-corrected chi connectivity index (χ3v) is 3.30. The van der Waals surface area contributed by atoms with Crippen molar-refractivity contribution in [3.8, 4) is 0 Å². The molecule has 0 atom stereocenters. The van der Waals surface area contributed by atoms with Gasteiger partial charge in [0.05, 0.1) is 0 Å². The van der Waals surface area contributed by atoms with Gasteiger partial charge >= 0.3 is 0 Å². The highest BCUT2D eigenvalue weighted by Crippen LogP contribution is 2.19. The molecule has 1 aromatic carbocycles. The monoisotopic (exact) mass is 347 g/mol. The molecule has 5 heteroatoms. The quantitative estimate of drug-likeness (QED) is 0.850. The molecule has 1 amide bonds. The fourth-order valence-corrected chi connectivity index (χ4v) is 2.52. The Kier molecular flexibility index (Phi) is 5.33. The first-order valence-electron chi connectivity index (χ1n) is 6.88. The number of aryl methyl sites for hydroxylation is 1. The summed E-state index contributed by atoms with van der Waals surface area (Å²) in [5.74, 6) is 0.502. The van der Waals surface area contributed by atoms with Crippen LogP contribution in [-0.2, 0) is 0 Å². The lowest BCUT2D eigenvalue weighted by atomic mass is 10.2. The standard InChI is InChI=1S/C16H18BrN3O/c1-3-7-18-15-6-4-5-14(20-15)16(21)19-13-9-11(2)8-12(17)10-13/h4-6,8-10H,3,7H2,1-2H3,(H,18,20)(H,19,21). The molecule has 21 heavy (non-hydrogen) atoms. The summed E-state index contributed by atoms with van der Waals surface area (Å²) >= 11 is 3.42. The molecule has 1 aromatic heterocycles. The van der Waals surface area contributed by atoms with Gasteiger partial charge in [0.2, 0.25) is 0 Å². The van der Waals surface area contributed by atoms with E-state index in [9.17, 15) is 4.79 Å². The first-order valence-corrected chi connectivity index (χ1v) is 7.67. The average Bonchev–Trinajstić information content (AvgIpc) is 2.44. The number of nitrogens with zero attached hydrogens (tertiary/aromatic N) is 1. The Morgan fingerprint density at radius 3 is 2.81 bits per heavy atom. The van der Waals surface area contributed by atoms with Crippen molar-refractivity contribution in [2.75, 3.05) is 17.2 Å². The van der Waals surface area contributed by atoms with Gasteiger partial charge in [0.1, 0.15) is 11.5 Å². The van der Waals surface area contributed by atoms with E-state index in [4.69, 9.17) is 0 Å². The van der Waals surface area contributed by atoms with E-state index in [1.165, 1.54) is 0 Å².